The van der Waals surface area contributed by atoms with Crippen molar-refractivity contribution in [1.29, 1.82) is 0 Å². The second-order valence-corrected chi connectivity index (χ2v) is 7.71. The van der Waals surface area contributed by atoms with Gasteiger partial charge in [0.15, 0.2) is 12.1 Å². The number of rotatable bonds is 7. The summed E-state index contributed by atoms with van der Waals surface area (Å²) in [7, 11) is 0. The summed E-state index contributed by atoms with van der Waals surface area (Å²) in [4.78, 5) is 11.7. The second-order valence-electron chi connectivity index (χ2n) is 7.71. The van der Waals surface area contributed by atoms with Crippen molar-refractivity contribution in [2.24, 2.45) is 5.41 Å². The fourth-order valence-corrected chi connectivity index (χ4v) is 2.49. The van der Waals surface area contributed by atoms with E-state index in [4.69, 9.17) is 9.47 Å². The molecule has 1 aliphatic rings. The Labute approximate surface area is 139 Å². The molecule has 5 nitrogen and oxygen atoms in total. The van der Waals surface area contributed by atoms with Gasteiger partial charge in [-0.05, 0) is 38.2 Å². The third kappa shape index (κ3) is 8.06. The molecule has 1 heterocycles. The molecule has 5 atom stereocenters. The lowest BCUT2D eigenvalue weighted by molar-refractivity contribution is -0.273. The van der Waals surface area contributed by atoms with Crippen molar-refractivity contribution < 1.29 is 24.5 Å². The maximum atomic E-state index is 11.7. The summed E-state index contributed by atoms with van der Waals surface area (Å²) in [6.45, 7) is 9.81. The molecular weight excluding hydrogens is 296 g/mol. The monoisotopic (exact) mass is 328 g/mol. The van der Waals surface area contributed by atoms with Crippen molar-refractivity contribution in [2.75, 3.05) is 0 Å². The van der Waals surface area contributed by atoms with E-state index in [0.717, 1.165) is 12.8 Å². The predicted molar refractivity (Wildman–Crippen MR) is 89.0 cm³/mol. The molecule has 134 valence electrons. The van der Waals surface area contributed by atoms with Crippen molar-refractivity contribution in [2.45, 2.75) is 91.0 Å². The Morgan fingerprint density at radius 1 is 1.35 bits per heavy atom. The summed E-state index contributed by atoms with van der Waals surface area (Å²) in [5.74, 6) is 0.139. The summed E-state index contributed by atoms with van der Waals surface area (Å²) in [5, 5.41) is 19.5. The normalized spacial score (nSPS) is 30.6. The van der Waals surface area contributed by atoms with Gasteiger partial charge in [0.2, 0.25) is 0 Å². The van der Waals surface area contributed by atoms with Crippen LogP contribution in [0.25, 0.3) is 0 Å². The zero-order valence-corrected chi connectivity index (χ0v) is 15.0. The van der Waals surface area contributed by atoms with Gasteiger partial charge in [0.05, 0.1) is 18.3 Å². The van der Waals surface area contributed by atoms with Crippen LogP contribution in [-0.2, 0) is 14.3 Å². The zero-order valence-electron chi connectivity index (χ0n) is 15.0. The molecule has 0 bridgehead atoms. The summed E-state index contributed by atoms with van der Waals surface area (Å²) in [6.07, 6.45) is 3.18. The Hall–Kier alpha value is -0.750. The van der Waals surface area contributed by atoms with Crippen LogP contribution < -0.4 is 0 Å². The molecule has 0 amide bonds. The molecule has 0 aromatic carbocycles. The third-order valence-electron chi connectivity index (χ3n) is 3.80. The van der Waals surface area contributed by atoms with Crippen LogP contribution in [0, 0.1) is 5.41 Å². The number of aliphatic hydroxyl groups excluding tert-OH is 2. The number of carbonyl (C=O) groups is 1. The fraction of sp³-hybridized carbons (Fsp3) is 0.833. The van der Waals surface area contributed by atoms with Crippen molar-refractivity contribution in [1.82, 2.24) is 0 Å². The quantitative estimate of drug-likeness (QED) is 0.703. The Balaban J connectivity index is 2.29. The molecule has 5 heteroatoms. The van der Waals surface area contributed by atoms with Gasteiger partial charge in [-0.3, -0.25) is 4.79 Å². The first-order valence-corrected chi connectivity index (χ1v) is 8.45. The van der Waals surface area contributed by atoms with Gasteiger partial charge in [-0.2, -0.15) is 0 Å². The van der Waals surface area contributed by atoms with Crippen LogP contribution in [0.2, 0.25) is 0 Å². The molecule has 0 radical (unpaired) electrons. The van der Waals surface area contributed by atoms with Gasteiger partial charge in [0.25, 0.3) is 0 Å². The molecule has 2 N–H and O–H groups in total. The van der Waals surface area contributed by atoms with E-state index in [2.05, 4.69) is 0 Å². The molecule has 0 aromatic rings. The van der Waals surface area contributed by atoms with Crippen molar-refractivity contribution in [3.05, 3.63) is 12.2 Å². The maximum Gasteiger partial charge on any atom is 0.184 e. The number of ketones is 1. The summed E-state index contributed by atoms with van der Waals surface area (Å²) in [6, 6.07) is 0. The molecular formula is C18H32O5. The highest BCUT2D eigenvalue weighted by Crippen LogP contribution is 2.23. The van der Waals surface area contributed by atoms with E-state index < -0.39 is 18.5 Å². The van der Waals surface area contributed by atoms with Gasteiger partial charge in [0, 0.05) is 12.8 Å². The highest BCUT2D eigenvalue weighted by Gasteiger charge is 2.35. The Kier molecular flexibility index (Phi) is 7.87. The van der Waals surface area contributed by atoms with Gasteiger partial charge >= 0.3 is 0 Å². The molecule has 0 aromatic heterocycles. The second kappa shape index (κ2) is 8.92. The lowest BCUT2D eigenvalue weighted by Crippen LogP contribution is -2.48. The molecule has 23 heavy (non-hydrogen) atoms. The summed E-state index contributed by atoms with van der Waals surface area (Å²) in [5.41, 5.74) is 0.00748. The molecule has 1 fully saturated rings. The highest BCUT2D eigenvalue weighted by molar-refractivity contribution is 5.89. The lowest BCUT2D eigenvalue weighted by atomic mass is 9.90. The van der Waals surface area contributed by atoms with Crippen molar-refractivity contribution in [3.8, 4) is 0 Å². The average Bonchev–Trinajstić information content (AvgIpc) is 2.39. The van der Waals surface area contributed by atoms with Crippen molar-refractivity contribution in [3.63, 3.8) is 0 Å². The predicted octanol–water partition coefficient (Wildman–Crippen LogP) is 2.59. The Morgan fingerprint density at radius 3 is 2.61 bits per heavy atom. The largest absolute Gasteiger partial charge is 0.390 e. The Bertz CT molecular complexity index is 399. The van der Waals surface area contributed by atoms with E-state index in [0.29, 0.717) is 6.42 Å². The van der Waals surface area contributed by atoms with E-state index in [1.165, 1.54) is 0 Å². The fourth-order valence-electron chi connectivity index (χ4n) is 2.49. The minimum atomic E-state index is -0.812. The number of hydrogen-bond acceptors (Lipinski definition) is 5. The van der Waals surface area contributed by atoms with E-state index in [1.54, 1.807) is 13.0 Å². The lowest BCUT2D eigenvalue weighted by Gasteiger charge is -2.36. The van der Waals surface area contributed by atoms with Crippen LogP contribution in [0.1, 0.15) is 60.3 Å². The van der Waals surface area contributed by atoms with Crippen LogP contribution in [0.4, 0.5) is 0 Å². The van der Waals surface area contributed by atoms with Crippen molar-refractivity contribution >= 4 is 5.78 Å². The average molecular weight is 328 g/mol. The highest BCUT2D eigenvalue weighted by atomic mass is 16.7. The molecule has 1 aliphatic heterocycles. The van der Waals surface area contributed by atoms with Crippen LogP contribution >= 0.6 is 0 Å². The molecule has 0 aliphatic carbocycles. The SMILES string of the molecule is C[C@H](CC/C=C/C(=O)CC(C)(C)C)O[C@@H]1O[C@@H](C)[C@H](O)C[C@H]1O. The van der Waals surface area contributed by atoms with E-state index in [-0.39, 0.29) is 29.8 Å². The minimum Gasteiger partial charge on any atom is -0.390 e. The van der Waals surface area contributed by atoms with Gasteiger partial charge < -0.3 is 19.7 Å². The first-order chi connectivity index (χ1) is 10.6. The molecule has 0 saturated carbocycles. The summed E-state index contributed by atoms with van der Waals surface area (Å²) >= 11 is 0. The Morgan fingerprint density at radius 2 is 2.00 bits per heavy atom. The first kappa shape index (κ1) is 20.3. The van der Waals surface area contributed by atoms with E-state index in [1.807, 2.05) is 33.8 Å². The van der Waals surface area contributed by atoms with Gasteiger partial charge in [-0.1, -0.05) is 26.8 Å². The van der Waals surface area contributed by atoms with Gasteiger partial charge in [-0.25, -0.2) is 0 Å². The number of allylic oxidation sites excluding steroid dienone is 2. The number of aliphatic hydroxyl groups is 2. The molecule has 1 saturated heterocycles. The number of ether oxygens (including phenoxy) is 2. The van der Waals surface area contributed by atoms with E-state index in [9.17, 15) is 15.0 Å². The maximum absolute atomic E-state index is 11.7. The number of hydrogen-bond donors (Lipinski definition) is 2. The third-order valence-corrected chi connectivity index (χ3v) is 3.80. The van der Waals surface area contributed by atoms with Crippen LogP contribution in [-0.4, -0.2) is 46.7 Å². The minimum absolute atomic E-state index is 0.00748. The molecule has 0 unspecified atom stereocenters. The summed E-state index contributed by atoms with van der Waals surface area (Å²) < 4.78 is 11.2. The molecule has 0 spiro atoms. The smallest absolute Gasteiger partial charge is 0.184 e. The van der Waals surface area contributed by atoms with Crippen LogP contribution in [0.15, 0.2) is 12.2 Å². The van der Waals surface area contributed by atoms with E-state index >= 15 is 0 Å². The molecule has 1 rings (SSSR count). The first-order valence-electron chi connectivity index (χ1n) is 8.45. The van der Waals surface area contributed by atoms with Gasteiger partial charge in [-0.15, -0.1) is 0 Å². The van der Waals surface area contributed by atoms with Crippen LogP contribution in [0.3, 0.4) is 0 Å². The number of carbonyl (C=O) groups excluding carboxylic acids is 1. The standard InChI is InChI=1S/C18H32O5/c1-12(8-6-7-9-14(19)11-18(3,4)5)22-17-16(21)10-15(20)13(2)23-17/h7,9,12-13,15-17,20-21H,6,8,10-11H2,1-5H3/b9-7+/t12-,13+,15-,16-,17-/m1/s1. The topological polar surface area (TPSA) is 76.0 Å². The zero-order chi connectivity index (χ0) is 17.6. The van der Waals surface area contributed by atoms with Crippen LogP contribution in [0.5, 0.6) is 0 Å². The van der Waals surface area contributed by atoms with Gasteiger partial charge in [0.1, 0.15) is 6.10 Å².